The first-order valence-electron chi connectivity index (χ1n) is 6.31. The van der Waals surface area contributed by atoms with Gasteiger partial charge >= 0.3 is 0 Å². The van der Waals surface area contributed by atoms with Gasteiger partial charge in [-0.3, -0.25) is 0 Å². The Morgan fingerprint density at radius 2 is 2.10 bits per heavy atom. The van der Waals surface area contributed by atoms with Gasteiger partial charge in [-0.15, -0.1) is 0 Å². The minimum absolute atomic E-state index is 0.0832. The van der Waals surface area contributed by atoms with Crippen molar-refractivity contribution in [1.82, 2.24) is 5.32 Å². The molecule has 2 aromatic carbocycles. The molecule has 1 unspecified atom stereocenters. The van der Waals surface area contributed by atoms with Crippen molar-refractivity contribution in [2.75, 3.05) is 0 Å². The fraction of sp³-hybridized carbons (Fsp3) is 0.188. The molecule has 2 rings (SSSR count). The van der Waals surface area contributed by atoms with Crippen molar-refractivity contribution in [3.8, 4) is 11.8 Å². The lowest BCUT2D eigenvalue weighted by molar-refractivity contribution is 0.463. The van der Waals surface area contributed by atoms with Crippen molar-refractivity contribution < 1.29 is 9.50 Å². The molecule has 0 saturated heterocycles. The van der Waals surface area contributed by atoms with Crippen molar-refractivity contribution in [3.63, 3.8) is 0 Å². The van der Waals surface area contributed by atoms with Gasteiger partial charge < -0.3 is 10.4 Å². The third-order valence-corrected chi connectivity index (χ3v) is 3.12. The largest absolute Gasteiger partial charge is 0.508 e. The van der Waals surface area contributed by atoms with E-state index in [1.807, 2.05) is 19.1 Å². The van der Waals surface area contributed by atoms with Gasteiger partial charge in [0.1, 0.15) is 11.6 Å². The molecule has 20 heavy (non-hydrogen) atoms. The number of phenolic OH excluding ortho intramolecular Hbond substituents is 1. The van der Waals surface area contributed by atoms with E-state index >= 15 is 0 Å². The van der Waals surface area contributed by atoms with Crippen molar-refractivity contribution in [2.45, 2.75) is 19.5 Å². The SMILES string of the molecule is CC(NCc1cccc(C#N)c1)c1ccc(O)cc1F. The lowest BCUT2D eigenvalue weighted by atomic mass is 10.1. The summed E-state index contributed by atoms with van der Waals surface area (Å²) >= 11 is 0. The van der Waals surface area contributed by atoms with E-state index in [2.05, 4.69) is 11.4 Å². The zero-order valence-electron chi connectivity index (χ0n) is 11.1. The minimum Gasteiger partial charge on any atom is -0.508 e. The van der Waals surface area contributed by atoms with Crippen molar-refractivity contribution in [3.05, 3.63) is 65.0 Å². The number of halogens is 1. The van der Waals surface area contributed by atoms with Gasteiger partial charge in [-0.25, -0.2) is 4.39 Å². The summed E-state index contributed by atoms with van der Waals surface area (Å²) in [6, 6.07) is 13.3. The molecule has 0 aliphatic rings. The third-order valence-electron chi connectivity index (χ3n) is 3.12. The van der Waals surface area contributed by atoms with Crippen molar-refractivity contribution in [1.29, 1.82) is 5.26 Å². The number of phenols is 1. The van der Waals surface area contributed by atoms with Crippen LogP contribution in [0.2, 0.25) is 0 Å². The van der Waals surface area contributed by atoms with E-state index in [-0.39, 0.29) is 11.8 Å². The van der Waals surface area contributed by atoms with Crippen molar-refractivity contribution >= 4 is 0 Å². The molecule has 4 heteroatoms. The molecule has 0 aromatic heterocycles. The Bertz CT molecular complexity index is 649. The maximum atomic E-state index is 13.7. The maximum absolute atomic E-state index is 13.7. The Kier molecular flexibility index (Phi) is 4.34. The van der Waals surface area contributed by atoms with E-state index in [0.29, 0.717) is 17.7 Å². The first-order valence-corrected chi connectivity index (χ1v) is 6.31. The topological polar surface area (TPSA) is 56.0 Å². The van der Waals surface area contributed by atoms with Gasteiger partial charge in [-0.1, -0.05) is 18.2 Å². The molecule has 0 fully saturated rings. The first-order chi connectivity index (χ1) is 9.60. The average molecular weight is 270 g/mol. The van der Waals surface area contributed by atoms with E-state index in [9.17, 15) is 9.50 Å². The molecule has 0 spiro atoms. The van der Waals surface area contributed by atoms with Crippen molar-refractivity contribution in [2.24, 2.45) is 0 Å². The number of rotatable bonds is 4. The van der Waals surface area contributed by atoms with Crippen LogP contribution in [0.4, 0.5) is 4.39 Å². The molecule has 0 aliphatic carbocycles. The highest BCUT2D eigenvalue weighted by Gasteiger charge is 2.11. The molecule has 0 amide bonds. The first kappa shape index (κ1) is 14.0. The summed E-state index contributed by atoms with van der Waals surface area (Å²) in [7, 11) is 0. The molecule has 0 heterocycles. The molecular formula is C16H15FN2O. The summed E-state index contributed by atoms with van der Waals surface area (Å²) in [5.41, 5.74) is 2.07. The predicted molar refractivity (Wildman–Crippen MR) is 74.5 cm³/mol. The van der Waals surface area contributed by atoms with Crippen LogP contribution in [0.1, 0.15) is 29.7 Å². The average Bonchev–Trinajstić information content (AvgIpc) is 2.45. The molecule has 102 valence electrons. The van der Waals surface area contributed by atoms with E-state index in [4.69, 9.17) is 5.26 Å². The Hall–Kier alpha value is -2.38. The van der Waals surface area contributed by atoms with Crippen LogP contribution in [0.3, 0.4) is 0 Å². The Morgan fingerprint density at radius 1 is 1.30 bits per heavy atom. The number of aromatic hydroxyl groups is 1. The fourth-order valence-electron chi connectivity index (χ4n) is 2.00. The van der Waals surface area contributed by atoms with Crippen LogP contribution in [0, 0.1) is 17.1 Å². The predicted octanol–water partition coefficient (Wildman–Crippen LogP) is 3.25. The molecule has 2 aromatic rings. The molecule has 2 N–H and O–H groups in total. The number of hydrogen-bond acceptors (Lipinski definition) is 3. The number of nitriles is 1. The highest BCUT2D eigenvalue weighted by atomic mass is 19.1. The van der Waals surface area contributed by atoms with Gasteiger partial charge in [0, 0.05) is 24.2 Å². The van der Waals surface area contributed by atoms with Crippen LogP contribution in [-0.4, -0.2) is 5.11 Å². The van der Waals surface area contributed by atoms with Crippen LogP contribution >= 0.6 is 0 Å². The fourth-order valence-corrected chi connectivity index (χ4v) is 2.00. The summed E-state index contributed by atoms with van der Waals surface area (Å²) in [5.74, 6) is -0.518. The maximum Gasteiger partial charge on any atom is 0.131 e. The molecule has 0 saturated carbocycles. The van der Waals surface area contributed by atoms with E-state index in [1.165, 1.54) is 6.07 Å². The van der Waals surface area contributed by atoms with Crippen LogP contribution in [0.5, 0.6) is 5.75 Å². The lowest BCUT2D eigenvalue weighted by Gasteiger charge is -2.15. The van der Waals surface area contributed by atoms with E-state index < -0.39 is 5.82 Å². The highest BCUT2D eigenvalue weighted by molar-refractivity contribution is 5.33. The molecule has 1 atom stereocenters. The van der Waals surface area contributed by atoms with Gasteiger partial charge in [-0.2, -0.15) is 5.26 Å². The number of nitrogens with zero attached hydrogens (tertiary/aromatic N) is 1. The molecule has 0 bridgehead atoms. The van der Waals surface area contributed by atoms with Crippen LogP contribution in [0.25, 0.3) is 0 Å². The highest BCUT2D eigenvalue weighted by Crippen LogP contribution is 2.21. The second kappa shape index (κ2) is 6.18. The van der Waals surface area contributed by atoms with Gasteiger partial charge in [0.25, 0.3) is 0 Å². The summed E-state index contributed by atoms with van der Waals surface area (Å²) < 4.78 is 13.7. The van der Waals surface area contributed by atoms with Gasteiger partial charge in [0.15, 0.2) is 0 Å². The summed E-state index contributed by atoms with van der Waals surface area (Å²) in [5, 5.41) is 21.2. The second-order valence-electron chi connectivity index (χ2n) is 4.62. The van der Waals surface area contributed by atoms with E-state index in [0.717, 1.165) is 11.6 Å². The summed E-state index contributed by atoms with van der Waals surface area (Å²) in [4.78, 5) is 0. The zero-order valence-corrected chi connectivity index (χ0v) is 11.1. The smallest absolute Gasteiger partial charge is 0.131 e. The molecule has 0 radical (unpaired) electrons. The summed E-state index contributed by atoms with van der Waals surface area (Å²) in [6.07, 6.45) is 0. The zero-order chi connectivity index (χ0) is 14.5. The van der Waals surface area contributed by atoms with Crippen LogP contribution < -0.4 is 5.32 Å². The molecule has 3 nitrogen and oxygen atoms in total. The Balaban J connectivity index is 2.04. The van der Waals surface area contributed by atoms with Crippen LogP contribution in [-0.2, 0) is 6.54 Å². The monoisotopic (exact) mass is 270 g/mol. The minimum atomic E-state index is -0.434. The van der Waals surface area contributed by atoms with Crippen LogP contribution in [0.15, 0.2) is 42.5 Å². The third kappa shape index (κ3) is 3.34. The number of hydrogen-bond donors (Lipinski definition) is 2. The quantitative estimate of drug-likeness (QED) is 0.896. The lowest BCUT2D eigenvalue weighted by Crippen LogP contribution is -2.19. The number of nitrogens with one attached hydrogen (secondary N) is 1. The van der Waals surface area contributed by atoms with Gasteiger partial charge in [0.05, 0.1) is 11.6 Å². The normalized spacial score (nSPS) is 11.8. The number of benzene rings is 2. The molecular weight excluding hydrogens is 255 g/mol. The standard InChI is InChI=1S/C16H15FN2O/c1-11(15-6-5-14(20)8-16(15)17)19-10-13-4-2-3-12(7-13)9-18/h2-8,11,19-20H,10H2,1H3. The Labute approximate surface area is 117 Å². The molecule has 0 aliphatic heterocycles. The second-order valence-corrected chi connectivity index (χ2v) is 4.62. The Morgan fingerprint density at radius 3 is 2.80 bits per heavy atom. The van der Waals surface area contributed by atoms with E-state index in [1.54, 1.807) is 18.2 Å². The van der Waals surface area contributed by atoms with Gasteiger partial charge in [0.2, 0.25) is 0 Å². The summed E-state index contributed by atoms with van der Waals surface area (Å²) in [6.45, 7) is 2.39. The van der Waals surface area contributed by atoms with Gasteiger partial charge in [-0.05, 0) is 30.7 Å².